The Kier molecular flexibility index (Phi) is 5.82. The van der Waals surface area contributed by atoms with Gasteiger partial charge in [-0.3, -0.25) is 4.68 Å². The second-order valence-corrected chi connectivity index (χ2v) is 6.04. The van der Waals surface area contributed by atoms with E-state index in [2.05, 4.69) is 49.3 Å². The van der Waals surface area contributed by atoms with Crippen molar-refractivity contribution in [3.63, 3.8) is 0 Å². The Labute approximate surface area is 111 Å². The van der Waals surface area contributed by atoms with Crippen molar-refractivity contribution in [1.29, 1.82) is 0 Å². The van der Waals surface area contributed by atoms with Gasteiger partial charge in [0.1, 0.15) is 0 Å². The Morgan fingerprint density at radius 2 is 2.17 bits per heavy atom. The van der Waals surface area contributed by atoms with Gasteiger partial charge in [0.25, 0.3) is 0 Å². The average Bonchev–Trinajstić information content (AvgIpc) is 2.63. The summed E-state index contributed by atoms with van der Waals surface area (Å²) in [6.07, 6.45) is 5.22. The molecular formula is C14H28N4. The van der Waals surface area contributed by atoms with Gasteiger partial charge in [0.15, 0.2) is 0 Å². The van der Waals surface area contributed by atoms with Crippen LogP contribution in [0.15, 0.2) is 12.4 Å². The van der Waals surface area contributed by atoms with E-state index in [4.69, 9.17) is 0 Å². The molecule has 0 aliphatic carbocycles. The highest BCUT2D eigenvalue weighted by Crippen LogP contribution is 2.16. The number of nitrogens with one attached hydrogen (secondary N) is 1. The van der Waals surface area contributed by atoms with E-state index in [-0.39, 0.29) is 0 Å². The Bertz CT molecular complexity index is 343. The maximum absolute atomic E-state index is 4.20. The van der Waals surface area contributed by atoms with E-state index in [0.717, 1.165) is 26.2 Å². The smallest absolute Gasteiger partial charge is 0.0534 e. The van der Waals surface area contributed by atoms with Crippen molar-refractivity contribution in [2.75, 3.05) is 26.7 Å². The van der Waals surface area contributed by atoms with E-state index in [0.29, 0.717) is 5.41 Å². The molecule has 1 rings (SSSR count). The van der Waals surface area contributed by atoms with Gasteiger partial charge in [-0.15, -0.1) is 0 Å². The molecule has 0 aromatic carbocycles. The van der Waals surface area contributed by atoms with Crippen molar-refractivity contribution >= 4 is 0 Å². The first-order valence-electron chi connectivity index (χ1n) is 6.80. The molecule has 0 saturated carbocycles. The fourth-order valence-electron chi connectivity index (χ4n) is 2.31. The van der Waals surface area contributed by atoms with Gasteiger partial charge in [-0.25, -0.2) is 0 Å². The van der Waals surface area contributed by atoms with Crippen LogP contribution in [0.25, 0.3) is 0 Å². The molecule has 104 valence electrons. The molecule has 0 spiro atoms. The van der Waals surface area contributed by atoms with Gasteiger partial charge in [0, 0.05) is 38.4 Å². The van der Waals surface area contributed by atoms with Crippen LogP contribution < -0.4 is 5.32 Å². The summed E-state index contributed by atoms with van der Waals surface area (Å²) in [6, 6.07) is 0. The predicted molar refractivity (Wildman–Crippen MR) is 76.5 cm³/mol. The molecule has 0 amide bonds. The largest absolute Gasteiger partial charge is 0.316 e. The van der Waals surface area contributed by atoms with E-state index >= 15 is 0 Å². The maximum Gasteiger partial charge on any atom is 0.0534 e. The number of aryl methyl sites for hydroxylation is 1. The van der Waals surface area contributed by atoms with Crippen LogP contribution >= 0.6 is 0 Å². The van der Waals surface area contributed by atoms with Gasteiger partial charge in [-0.05, 0) is 25.4 Å². The Morgan fingerprint density at radius 3 is 2.72 bits per heavy atom. The van der Waals surface area contributed by atoms with Gasteiger partial charge in [0.05, 0.1) is 6.20 Å². The molecule has 0 atom stereocenters. The molecule has 1 aromatic heterocycles. The van der Waals surface area contributed by atoms with E-state index in [9.17, 15) is 0 Å². The molecule has 0 aliphatic heterocycles. The van der Waals surface area contributed by atoms with Crippen molar-refractivity contribution in [2.24, 2.45) is 12.5 Å². The zero-order chi connectivity index (χ0) is 13.6. The molecular weight excluding hydrogens is 224 g/mol. The van der Waals surface area contributed by atoms with Crippen LogP contribution in [0.4, 0.5) is 0 Å². The highest BCUT2D eigenvalue weighted by Gasteiger charge is 2.19. The second kappa shape index (κ2) is 6.90. The van der Waals surface area contributed by atoms with Gasteiger partial charge in [-0.1, -0.05) is 20.8 Å². The molecule has 1 aromatic rings. The first-order chi connectivity index (χ1) is 8.43. The highest BCUT2D eigenvalue weighted by atomic mass is 15.2. The number of hydrogen-bond donors (Lipinski definition) is 1. The summed E-state index contributed by atoms with van der Waals surface area (Å²) in [5.74, 6) is 0. The van der Waals surface area contributed by atoms with Gasteiger partial charge in [0.2, 0.25) is 0 Å². The lowest BCUT2D eigenvalue weighted by molar-refractivity contribution is 0.199. The summed E-state index contributed by atoms with van der Waals surface area (Å²) >= 11 is 0. The summed E-state index contributed by atoms with van der Waals surface area (Å²) in [5.41, 5.74) is 1.57. The van der Waals surface area contributed by atoms with Crippen LogP contribution in [0.1, 0.15) is 32.8 Å². The van der Waals surface area contributed by atoms with Crippen molar-refractivity contribution in [3.8, 4) is 0 Å². The Balaban J connectivity index is 2.35. The third-order valence-corrected chi connectivity index (χ3v) is 2.94. The summed E-state index contributed by atoms with van der Waals surface area (Å²) in [5, 5.41) is 7.71. The van der Waals surface area contributed by atoms with E-state index in [1.54, 1.807) is 0 Å². The van der Waals surface area contributed by atoms with Crippen molar-refractivity contribution in [3.05, 3.63) is 18.0 Å². The van der Waals surface area contributed by atoms with Gasteiger partial charge in [-0.2, -0.15) is 5.10 Å². The zero-order valence-electron chi connectivity index (χ0n) is 12.5. The standard InChI is InChI=1S/C14H28N4/c1-6-7-15-11-14(2,3)12-17(4)9-13-8-16-18(5)10-13/h8,10,15H,6-7,9,11-12H2,1-5H3. The summed E-state index contributed by atoms with van der Waals surface area (Å²) in [4.78, 5) is 2.37. The fourth-order valence-corrected chi connectivity index (χ4v) is 2.31. The monoisotopic (exact) mass is 252 g/mol. The lowest BCUT2D eigenvalue weighted by Crippen LogP contribution is -2.38. The van der Waals surface area contributed by atoms with Crippen LogP contribution in [0.3, 0.4) is 0 Å². The number of nitrogens with zero attached hydrogens (tertiary/aromatic N) is 3. The van der Waals surface area contributed by atoms with E-state index in [1.807, 2.05) is 17.9 Å². The van der Waals surface area contributed by atoms with Crippen LogP contribution in [0.5, 0.6) is 0 Å². The quantitative estimate of drug-likeness (QED) is 0.717. The van der Waals surface area contributed by atoms with Crippen LogP contribution in [0, 0.1) is 5.41 Å². The Hall–Kier alpha value is -0.870. The molecule has 0 unspecified atom stereocenters. The molecule has 1 N–H and O–H groups in total. The number of aromatic nitrogens is 2. The lowest BCUT2D eigenvalue weighted by Gasteiger charge is -2.30. The van der Waals surface area contributed by atoms with Crippen molar-refractivity contribution in [1.82, 2.24) is 20.0 Å². The van der Waals surface area contributed by atoms with Gasteiger partial charge < -0.3 is 10.2 Å². The SMILES string of the molecule is CCCNCC(C)(C)CN(C)Cc1cnn(C)c1. The molecule has 4 heteroatoms. The summed E-state index contributed by atoms with van der Waals surface area (Å²) in [7, 11) is 4.14. The number of rotatable bonds is 8. The lowest BCUT2D eigenvalue weighted by atomic mass is 9.92. The summed E-state index contributed by atoms with van der Waals surface area (Å²) in [6.45, 7) is 11.1. The molecule has 4 nitrogen and oxygen atoms in total. The van der Waals surface area contributed by atoms with Crippen LogP contribution in [-0.2, 0) is 13.6 Å². The molecule has 0 bridgehead atoms. The summed E-state index contributed by atoms with van der Waals surface area (Å²) < 4.78 is 1.86. The first kappa shape index (κ1) is 15.2. The third kappa shape index (κ3) is 5.65. The molecule has 0 saturated heterocycles. The van der Waals surface area contributed by atoms with Crippen LogP contribution in [-0.4, -0.2) is 41.4 Å². The highest BCUT2D eigenvalue weighted by molar-refractivity contribution is 5.03. The minimum Gasteiger partial charge on any atom is -0.316 e. The fraction of sp³-hybridized carbons (Fsp3) is 0.786. The van der Waals surface area contributed by atoms with Gasteiger partial charge >= 0.3 is 0 Å². The topological polar surface area (TPSA) is 33.1 Å². The maximum atomic E-state index is 4.20. The predicted octanol–water partition coefficient (Wildman–Crippen LogP) is 1.88. The molecule has 1 heterocycles. The Morgan fingerprint density at radius 1 is 1.44 bits per heavy atom. The molecule has 18 heavy (non-hydrogen) atoms. The normalized spacial score (nSPS) is 12.3. The molecule has 0 radical (unpaired) electrons. The van der Waals surface area contributed by atoms with Crippen molar-refractivity contribution < 1.29 is 0 Å². The minimum absolute atomic E-state index is 0.298. The minimum atomic E-state index is 0.298. The van der Waals surface area contributed by atoms with Crippen molar-refractivity contribution in [2.45, 2.75) is 33.7 Å². The third-order valence-electron chi connectivity index (χ3n) is 2.94. The van der Waals surface area contributed by atoms with E-state index in [1.165, 1.54) is 12.0 Å². The zero-order valence-corrected chi connectivity index (χ0v) is 12.5. The molecule has 0 aliphatic rings. The first-order valence-corrected chi connectivity index (χ1v) is 6.80. The number of hydrogen-bond acceptors (Lipinski definition) is 3. The average molecular weight is 252 g/mol. The molecule has 0 fully saturated rings. The second-order valence-electron chi connectivity index (χ2n) is 6.04. The van der Waals surface area contributed by atoms with E-state index < -0.39 is 0 Å². The van der Waals surface area contributed by atoms with Crippen LogP contribution in [0.2, 0.25) is 0 Å².